The van der Waals surface area contributed by atoms with E-state index in [2.05, 4.69) is 26.0 Å². The maximum Gasteiger partial charge on any atom is 0.306 e. The van der Waals surface area contributed by atoms with E-state index in [0.717, 1.165) is 38.5 Å². The molecular weight excluding hydrogens is 592 g/mol. The lowest BCUT2D eigenvalue weighted by Crippen LogP contribution is -2.18. The van der Waals surface area contributed by atoms with Gasteiger partial charge in [-0.15, -0.1) is 0 Å². The lowest BCUT2D eigenvalue weighted by Gasteiger charge is -2.18. The van der Waals surface area contributed by atoms with Crippen molar-refractivity contribution < 1.29 is 19.4 Å². The average Bonchev–Trinajstić information content (AvgIpc) is 3.07. The van der Waals surface area contributed by atoms with Crippen molar-refractivity contribution in [3.05, 3.63) is 12.2 Å². The van der Waals surface area contributed by atoms with E-state index < -0.39 is 5.97 Å². The van der Waals surface area contributed by atoms with Gasteiger partial charge in [0.25, 0.3) is 0 Å². The molecule has 0 aliphatic rings. The van der Waals surface area contributed by atoms with E-state index in [9.17, 15) is 9.59 Å². The highest BCUT2D eigenvalue weighted by molar-refractivity contribution is 5.69. The van der Waals surface area contributed by atoms with Crippen molar-refractivity contribution in [1.82, 2.24) is 0 Å². The standard InChI is InChI=1S/C44H84O4/c1-3-5-7-9-11-13-15-17-19-21-23-25-27-29-31-33-35-41-44(47)48-42(39-36-37-40-43(45)46)38-34-32-30-28-26-24-22-20-18-16-14-12-10-8-6-4-2/h17,19,42H,3-16,18,20-41H2,1-2H3,(H,45,46)/b19-17-. The number of carboxylic acid groups (broad SMARTS) is 1. The Morgan fingerprint density at radius 3 is 1.15 bits per heavy atom. The van der Waals surface area contributed by atoms with Gasteiger partial charge in [0, 0.05) is 12.8 Å². The second kappa shape index (κ2) is 40.1. The predicted molar refractivity (Wildman–Crippen MR) is 209 cm³/mol. The molecular formula is C44H84O4. The Balaban J connectivity index is 3.82. The smallest absolute Gasteiger partial charge is 0.306 e. The number of carbonyl (C=O) groups is 2. The molecule has 0 aliphatic carbocycles. The summed E-state index contributed by atoms with van der Waals surface area (Å²) in [6.07, 6.45) is 49.5. The Bertz CT molecular complexity index is 687. The van der Waals surface area contributed by atoms with Crippen LogP contribution in [0.4, 0.5) is 0 Å². The molecule has 284 valence electrons. The highest BCUT2D eigenvalue weighted by atomic mass is 16.5. The highest BCUT2D eigenvalue weighted by Gasteiger charge is 2.14. The fourth-order valence-electron chi connectivity index (χ4n) is 6.77. The highest BCUT2D eigenvalue weighted by Crippen LogP contribution is 2.19. The third-order valence-electron chi connectivity index (χ3n) is 9.99. The molecule has 0 amide bonds. The van der Waals surface area contributed by atoms with Crippen LogP contribution in [0.5, 0.6) is 0 Å². The predicted octanol–water partition coefficient (Wildman–Crippen LogP) is 15.0. The van der Waals surface area contributed by atoms with Crippen LogP contribution in [0.1, 0.15) is 251 Å². The minimum absolute atomic E-state index is 0.0437. The Labute approximate surface area is 300 Å². The van der Waals surface area contributed by atoms with Gasteiger partial charge in [-0.05, 0) is 64.2 Å². The number of hydrogen-bond acceptors (Lipinski definition) is 3. The van der Waals surface area contributed by atoms with Crippen LogP contribution in [0.25, 0.3) is 0 Å². The van der Waals surface area contributed by atoms with E-state index in [1.54, 1.807) is 0 Å². The van der Waals surface area contributed by atoms with E-state index in [1.165, 1.54) is 180 Å². The monoisotopic (exact) mass is 677 g/mol. The molecule has 1 unspecified atom stereocenters. The first-order valence-corrected chi connectivity index (χ1v) is 21.7. The first-order valence-electron chi connectivity index (χ1n) is 21.7. The molecule has 0 radical (unpaired) electrons. The van der Waals surface area contributed by atoms with Gasteiger partial charge in [-0.1, -0.05) is 187 Å². The lowest BCUT2D eigenvalue weighted by atomic mass is 10.0. The van der Waals surface area contributed by atoms with Crippen LogP contribution in [0, 0.1) is 0 Å². The van der Waals surface area contributed by atoms with Crippen molar-refractivity contribution in [2.75, 3.05) is 0 Å². The Kier molecular flexibility index (Phi) is 39.0. The van der Waals surface area contributed by atoms with Crippen LogP contribution < -0.4 is 0 Å². The molecule has 0 heterocycles. The summed E-state index contributed by atoms with van der Waals surface area (Å²) in [7, 11) is 0. The van der Waals surface area contributed by atoms with Gasteiger partial charge >= 0.3 is 11.9 Å². The molecule has 0 saturated carbocycles. The number of carboxylic acids is 1. The van der Waals surface area contributed by atoms with E-state index >= 15 is 0 Å². The molecule has 0 saturated heterocycles. The number of allylic oxidation sites excluding steroid dienone is 2. The Morgan fingerprint density at radius 2 is 0.750 bits per heavy atom. The summed E-state index contributed by atoms with van der Waals surface area (Å²) >= 11 is 0. The van der Waals surface area contributed by atoms with Gasteiger partial charge in [0.1, 0.15) is 6.10 Å². The SMILES string of the molecule is CCCCCCCC/C=C\CCCCCCCCCC(=O)OC(CCCCCCCCCCCCCCCCCC)CCCCC(=O)O. The van der Waals surface area contributed by atoms with Crippen molar-refractivity contribution in [2.24, 2.45) is 0 Å². The topological polar surface area (TPSA) is 63.6 Å². The van der Waals surface area contributed by atoms with Crippen LogP contribution >= 0.6 is 0 Å². The Hall–Kier alpha value is -1.32. The molecule has 48 heavy (non-hydrogen) atoms. The number of unbranched alkanes of at least 4 members (excludes halogenated alkanes) is 29. The maximum absolute atomic E-state index is 12.6. The van der Waals surface area contributed by atoms with Crippen molar-refractivity contribution >= 4 is 11.9 Å². The number of ether oxygens (including phenoxy) is 1. The number of rotatable bonds is 40. The van der Waals surface area contributed by atoms with E-state index in [4.69, 9.17) is 9.84 Å². The summed E-state index contributed by atoms with van der Waals surface area (Å²) in [6.45, 7) is 4.56. The van der Waals surface area contributed by atoms with Crippen LogP contribution in [0.15, 0.2) is 12.2 Å². The maximum atomic E-state index is 12.6. The molecule has 0 fully saturated rings. The molecule has 1 atom stereocenters. The third kappa shape index (κ3) is 39.1. The van der Waals surface area contributed by atoms with Gasteiger partial charge in [-0.3, -0.25) is 9.59 Å². The second-order valence-electron chi connectivity index (χ2n) is 14.9. The van der Waals surface area contributed by atoms with Gasteiger partial charge in [-0.2, -0.15) is 0 Å². The van der Waals surface area contributed by atoms with Gasteiger partial charge in [0.2, 0.25) is 0 Å². The largest absolute Gasteiger partial charge is 0.481 e. The molecule has 0 aromatic rings. The molecule has 0 rings (SSSR count). The minimum Gasteiger partial charge on any atom is -0.481 e. The molecule has 0 aliphatic heterocycles. The molecule has 0 aromatic heterocycles. The molecule has 0 spiro atoms. The molecule has 1 N–H and O–H groups in total. The summed E-state index contributed by atoms with van der Waals surface area (Å²) in [4.78, 5) is 23.5. The fourth-order valence-corrected chi connectivity index (χ4v) is 6.77. The number of carbonyl (C=O) groups excluding carboxylic acids is 1. The van der Waals surface area contributed by atoms with Crippen LogP contribution in [-0.2, 0) is 14.3 Å². The van der Waals surface area contributed by atoms with Crippen LogP contribution in [0.3, 0.4) is 0 Å². The number of aliphatic carboxylic acids is 1. The van der Waals surface area contributed by atoms with Crippen molar-refractivity contribution in [3.8, 4) is 0 Å². The average molecular weight is 677 g/mol. The summed E-state index contributed by atoms with van der Waals surface area (Å²) in [5.74, 6) is -0.792. The zero-order valence-electron chi connectivity index (χ0n) is 32.6. The summed E-state index contributed by atoms with van der Waals surface area (Å²) in [6, 6.07) is 0. The first kappa shape index (κ1) is 46.7. The van der Waals surface area contributed by atoms with Crippen molar-refractivity contribution in [3.63, 3.8) is 0 Å². The van der Waals surface area contributed by atoms with Crippen molar-refractivity contribution in [2.45, 2.75) is 258 Å². The Morgan fingerprint density at radius 1 is 0.438 bits per heavy atom. The normalized spacial score (nSPS) is 12.2. The molecule has 0 aromatic carbocycles. The molecule has 4 nitrogen and oxygen atoms in total. The van der Waals surface area contributed by atoms with Gasteiger partial charge in [0.15, 0.2) is 0 Å². The zero-order chi connectivity index (χ0) is 35.0. The van der Waals surface area contributed by atoms with E-state index in [0.29, 0.717) is 12.8 Å². The van der Waals surface area contributed by atoms with Crippen LogP contribution in [-0.4, -0.2) is 23.1 Å². The zero-order valence-corrected chi connectivity index (χ0v) is 32.6. The van der Waals surface area contributed by atoms with Gasteiger partial charge < -0.3 is 9.84 Å². The number of hydrogen-bond donors (Lipinski definition) is 1. The number of esters is 1. The van der Waals surface area contributed by atoms with Gasteiger partial charge in [-0.25, -0.2) is 0 Å². The fraction of sp³-hybridized carbons (Fsp3) is 0.909. The lowest BCUT2D eigenvalue weighted by molar-refractivity contribution is -0.150. The van der Waals surface area contributed by atoms with Crippen molar-refractivity contribution in [1.29, 1.82) is 0 Å². The summed E-state index contributed by atoms with van der Waals surface area (Å²) in [5.41, 5.74) is 0. The quantitative estimate of drug-likeness (QED) is 0.0398. The van der Waals surface area contributed by atoms with E-state index in [-0.39, 0.29) is 18.5 Å². The molecule has 4 heteroatoms. The first-order chi connectivity index (χ1) is 23.6. The summed E-state index contributed by atoms with van der Waals surface area (Å²) < 4.78 is 5.92. The van der Waals surface area contributed by atoms with Crippen LogP contribution in [0.2, 0.25) is 0 Å². The minimum atomic E-state index is -0.739. The van der Waals surface area contributed by atoms with Gasteiger partial charge in [0.05, 0.1) is 0 Å². The third-order valence-corrected chi connectivity index (χ3v) is 9.99. The summed E-state index contributed by atoms with van der Waals surface area (Å²) in [5, 5.41) is 8.97. The van der Waals surface area contributed by atoms with E-state index in [1.807, 2.05) is 0 Å². The molecule has 0 bridgehead atoms. The second-order valence-corrected chi connectivity index (χ2v) is 14.9.